The molecule has 0 spiro atoms. The lowest BCUT2D eigenvalue weighted by Gasteiger charge is -2.16. The predicted molar refractivity (Wildman–Crippen MR) is 95.9 cm³/mol. The molecule has 4 heterocycles. The summed E-state index contributed by atoms with van der Waals surface area (Å²) in [4.78, 5) is 19.8. The van der Waals surface area contributed by atoms with E-state index in [0.717, 1.165) is 30.1 Å². The molecule has 1 unspecified atom stereocenters. The second-order valence-corrected chi connectivity index (χ2v) is 7.74. The zero-order chi connectivity index (χ0) is 17.6. The van der Waals surface area contributed by atoms with Gasteiger partial charge in [0.1, 0.15) is 11.6 Å². The first-order chi connectivity index (χ1) is 11.9. The SMILES string of the molecule is CC(C)(C)c1nc(C(=O)N2CCC(c3ccco3)C2)c2ccccn12. The minimum Gasteiger partial charge on any atom is -0.469 e. The van der Waals surface area contributed by atoms with Crippen LogP contribution in [0.2, 0.25) is 0 Å². The van der Waals surface area contributed by atoms with Crippen molar-refractivity contribution in [2.45, 2.75) is 38.5 Å². The quantitative estimate of drug-likeness (QED) is 0.713. The number of amides is 1. The molecule has 1 aliphatic rings. The summed E-state index contributed by atoms with van der Waals surface area (Å²) < 4.78 is 7.55. The van der Waals surface area contributed by atoms with E-state index in [1.54, 1.807) is 6.26 Å². The third kappa shape index (κ3) is 2.73. The van der Waals surface area contributed by atoms with Gasteiger partial charge >= 0.3 is 0 Å². The van der Waals surface area contributed by atoms with E-state index >= 15 is 0 Å². The molecule has 1 amide bonds. The summed E-state index contributed by atoms with van der Waals surface area (Å²) in [6.45, 7) is 7.77. The van der Waals surface area contributed by atoms with Crippen molar-refractivity contribution in [3.05, 3.63) is 60.1 Å². The highest BCUT2D eigenvalue weighted by molar-refractivity contribution is 5.99. The van der Waals surface area contributed by atoms with Gasteiger partial charge in [0.05, 0.1) is 11.8 Å². The maximum Gasteiger partial charge on any atom is 0.274 e. The summed E-state index contributed by atoms with van der Waals surface area (Å²) >= 11 is 0. The molecular weight excluding hydrogens is 314 g/mol. The summed E-state index contributed by atoms with van der Waals surface area (Å²) in [5, 5.41) is 0. The second-order valence-electron chi connectivity index (χ2n) is 7.74. The number of fused-ring (bicyclic) bond motifs is 1. The van der Waals surface area contributed by atoms with E-state index in [0.29, 0.717) is 12.2 Å². The minimum absolute atomic E-state index is 0.00764. The standard InChI is InChI=1S/C20H23N3O2/c1-20(2,3)19-21-17(15-7-4-5-10-23(15)19)18(24)22-11-9-14(13-22)16-8-6-12-25-16/h4-8,10,12,14H,9,11,13H2,1-3H3. The number of furan rings is 1. The first kappa shape index (κ1) is 15.9. The van der Waals surface area contributed by atoms with Crippen LogP contribution in [0.25, 0.3) is 5.52 Å². The van der Waals surface area contributed by atoms with Crippen LogP contribution in [-0.2, 0) is 5.41 Å². The van der Waals surface area contributed by atoms with Crippen molar-refractivity contribution in [2.24, 2.45) is 0 Å². The van der Waals surface area contributed by atoms with Crippen LogP contribution in [0.3, 0.4) is 0 Å². The van der Waals surface area contributed by atoms with E-state index in [9.17, 15) is 4.79 Å². The molecule has 0 radical (unpaired) electrons. The number of hydrogen-bond acceptors (Lipinski definition) is 3. The molecule has 3 aromatic rings. The smallest absolute Gasteiger partial charge is 0.274 e. The fourth-order valence-electron chi connectivity index (χ4n) is 3.57. The molecule has 0 bridgehead atoms. The average Bonchev–Trinajstić information content (AvgIpc) is 3.31. The normalized spacial score (nSPS) is 18.2. The predicted octanol–water partition coefficient (Wildman–Crippen LogP) is 3.85. The summed E-state index contributed by atoms with van der Waals surface area (Å²) in [6.07, 6.45) is 4.60. The second kappa shape index (κ2) is 5.76. The van der Waals surface area contributed by atoms with E-state index in [2.05, 4.69) is 20.8 Å². The lowest BCUT2D eigenvalue weighted by Crippen LogP contribution is -2.29. The van der Waals surface area contributed by atoms with E-state index < -0.39 is 0 Å². The van der Waals surface area contributed by atoms with Crippen LogP contribution in [0, 0.1) is 0 Å². The molecule has 4 rings (SSSR count). The van der Waals surface area contributed by atoms with E-state index in [1.165, 1.54) is 0 Å². The van der Waals surface area contributed by atoms with Gasteiger partial charge in [0.2, 0.25) is 0 Å². The number of carbonyl (C=O) groups is 1. The molecule has 25 heavy (non-hydrogen) atoms. The van der Waals surface area contributed by atoms with Gasteiger partial charge < -0.3 is 13.7 Å². The largest absolute Gasteiger partial charge is 0.469 e. The Labute approximate surface area is 147 Å². The number of nitrogens with zero attached hydrogens (tertiary/aromatic N) is 3. The number of hydrogen-bond donors (Lipinski definition) is 0. The fraction of sp³-hybridized carbons (Fsp3) is 0.400. The first-order valence-corrected chi connectivity index (χ1v) is 8.75. The molecule has 5 nitrogen and oxygen atoms in total. The van der Waals surface area contributed by atoms with Crippen LogP contribution in [0.15, 0.2) is 47.2 Å². The lowest BCUT2D eigenvalue weighted by atomic mass is 9.96. The number of aromatic nitrogens is 2. The van der Waals surface area contributed by atoms with Crippen LogP contribution in [0.4, 0.5) is 0 Å². The van der Waals surface area contributed by atoms with Crippen molar-refractivity contribution >= 4 is 11.4 Å². The molecule has 0 saturated carbocycles. The molecule has 5 heteroatoms. The number of rotatable bonds is 2. The molecule has 1 atom stereocenters. The molecule has 1 saturated heterocycles. The van der Waals surface area contributed by atoms with Gasteiger partial charge in [0.15, 0.2) is 5.69 Å². The average molecular weight is 337 g/mol. The monoisotopic (exact) mass is 337 g/mol. The van der Waals surface area contributed by atoms with Crippen LogP contribution < -0.4 is 0 Å². The zero-order valence-corrected chi connectivity index (χ0v) is 14.9. The Balaban J connectivity index is 1.67. The third-order valence-electron chi connectivity index (χ3n) is 4.84. The summed E-state index contributed by atoms with van der Waals surface area (Å²) in [7, 11) is 0. The van der Waals surface area contributed by atoms with Crippen LogP contribution in [-0.4, -0.2) is 33.3 Å². The van der Waals surface area contributed by atoms with Gasteiger partial charge in [0.25, 0.3) is 5.91 Å². The number of pyridine rings is 1. The van der Waals surface area contributed by atoms with Gasteiger partial charge in [-0.2, -0.15) is 0 Å². The molecule has 0 N–H and O–H groups in total. The first-order valence-electron chi connectivity index (χ1n) is 8.75. The highest BCUT2D eigenvalue weighted by Gasteiger charge is 2.33. The van der Waals surface area contributed by atoms with Crippen molar-refractivity contribution in [3.63, 3.8) is 0 Å². The Hall–Kier alpha value is -2.56. The maximum absolute atomic E-state index is 13.1. The van der Waals surface area contributed by atoms with Crippen molar-refractivity contribution in [1.82, 2.24) is 14.3 Å². The van der Waals surface area contributed by atoms with E-state index in [-0.39, 0.29) is 17.2 Å². The Morgan fingerprint density at radius 1 is 1.24 bits per heavy atom. The zero-order valence-electron chi connectivity index (χ0n) is 14.9. The van der Waals surface area contributed by atoms with Gasteiger partial charge in [-0.25, -0.2) is 4.98 Å². The van der Waals surface area contributed by atoms with Crippen LogP contribution in [0.5, 0.6) is 0 Å². The summed E-state index contributed by atoms with van der Waals surface area (Å²) in [5.74, 6) is 2.15. The molecule has 0 aromatic carbocycles. The van der Waals surface area contributed by atoms with Crippen molar-refractivity contribution < 1.29 is 9.21 Å². The highest BCUT2D eigenvalue weighted by atomic mass is 16.3. The molecule has 3 aromatic heterocycles. The van der Waals surface area contributed by atoms with Crippen molar-refractivity contribution in [2.75, 3.05) is 13.1 Å². The molecule has 0 aliphatic carbocycles. The van der Waals surface area contributed by atoms with E-state index in [4.69, 9.17) is 9.40 Å². The highest BCUT2D eigenvalue weighted by Crippen LogP contribution is 2.30. The van der Waals surface area contributed by atoms with Gasteiger partial charge in [-0.05, 0) is 30.7 Å². The number of imidazole rings is 1. The Morgan fingerprint density at radius 2 is 2.08 bits per heavy atom. The molecular formula is C20H23N3O2. The third-order valence-corrected chi connectivity index (χ3v) is 4.84. The van der Waals surface area contributed by atoms with Gasteiger partial charge in [-0.15, -0.1) is 0 Å². The Bertz CT molecular complexity index is 903. The van der Waals surface area contributed by atoms with Gasteiger partial charge in [0, 0.05) is 30.6 Å². The maximum atomic E-state index is 13.1. The van der Waals surface area contributed by atoms with Gasteiger partial charge in [-0.3, -0.25) is 4.79 Å². The minimum atomic E-state index is -0.134. The summed E-state index contributed by atoms with van der Waals surface area (Å²) in [6, 6.07) is 9.78. The lowest BCUT2D eigenvalue weighted by molar-refractivity contribution is 0.0786. The molecule has 1 aliphatic heterocycles. The van der Waals surface area contributed by atoms with Crippen LogP contribution in [0.1, 0.15) is 55.2 Å². The molecule has 130 valence electrons. The van der Waals surface area contributed by atoms with Crippen molar-refractivity contribution in [1.29, 1.82) is 0 Å². The van der Waals surface area contributed by atoms with Crippen molar-refractivity contribution in [3.8, 4) is 0 Å². The molecule has 1 fully saturated rings. The van der Waals surface area contributed by atoms with Gasteiger partial charge in [-0.1, -0.05) is 26.8 Å². The topological polar surface area (TPSA) is 50.8 Å². The van der Waals surface area contributed by atoms with E-state index in [1.807, 2.05) is 45.8 Å². The number of carbonyl (C=O) groups excluding carboxylic acids is 1. The Kier molecular flexibility index (Phi) is 3.67. The summed E-state index contributed by atoms with van der Waals surface area (Å²) in [5.41, 5.74) is 1.29. The Morgan fingerprint density at radius 3 is 2.80 bits per heavy atom. The number of likely N-dealkylation sites (tertiary alicyclic amines) is 1. The van der Waals surface area contributed by atoms with Crippen LogP contribution >= 0.6 is 0 Å². The fourth-order valence-corrected chi connectivity index (χ4v) is 3.57.